The number of hydrogen-bond acceptors (Lipinski definition) is 5. The van der Waals surface area contributed by atoms with Gasteiger partial charge in [-0.25, -0.2) is 0 Å². The van der Waals surface area contributed by atoms with Crippen LogP contribution in [0.15, 0.2) is 42.7 Å². The Hall–Kier alpha value is -2.47. The lowest BCUT2D eigenvalue weighted by molar-refractivity contribution is -0.141. The Labute approximate surface area is 158 Å². The van der Waals surface area contributed by atoms with Crippen LogP contribution in [0.3, 0.4) is 0 Å². The smallest absolute Gasteiger partial charge is 0.225 e. The molecular formula is C21H24N4O2. The van der Waals surface area contributed by atoms with Gasteiger partial charge >= 0.3 is 0 Å². The van der Waals surface area contributed by atoms with Crippen molar-refractivity contribution >= 4 is 11.6 Å². The average molecular weight is 364 g/mol. The largest absolute Gasteiger partial charge is 0.393 e. The molecule has 1 aliphatic carbocycles. The highest BCUT2D eigenvalue weighted by atomic mass is 16.3. The fraction of sp³-hybridized carbons (Fsp3) is 0.476. The Kier molecular flexibility index (Phi) is 3.90. The lowest BCUT2D eigenvalue weighted by atomic mass is 9.81. The van der Waals surface area contributed by atoms with Crippen molar-refractivity contribution < 1.29 is 9.90 Å². The summed E-state index contributed by atoms with van der Waals surface area (Å²) in [6.45, 7) is 3.12. The molecule has 1 saturated heterocycles. The second-order valence-electron chi connectivity index (χ2n) is 8.16. The van der Waals surface area contributed by atoms with Gasteiger partial charge in [0.1, 0.15) is 0 Å². The molecule has 1 N–H and O–H groups in total. The number of nitrogens with zero attached hydrogens (tertiary/aromatic N) is 4. The number of likely N-dealkylation sites (tertiary alicyclic amines) is 1. The molecule has 2 aromatic heterocycles. The van der Waals surface area contributed by atoms with Crippen LogP contribution in [0.5, 0.6) is 0 Å². The van der Waals surface area contributed by atoms with Crippen LogP contribution in [0.2, 0.25) is 0 Å². The van der Waals surface area contributed by atoms with Gasteiger partial charge in [-0.15, -0.1) is 0 Å². The van der Waals surface area contributed by atoms with Crippen molar-refractivity contribution in [2.45, 2.75) is 37.3 Å². The van der Waals surface area contributed by atoms with Gasteiger partial charge in [0.25, 0.3) is 0 Å². The number of carbonyl (C=O) groups is 1. The molecule has 1 saturated carbocycles. The van der Waals surface area contributed by atoms with Crippen molar-refractivity contribution in [1.82, 2.24) is 14.9 Å². The Bertz CT molecular complexity index is 852. The first-order chi connectivity index (χ1) is 13.1. The van der Waals surface area contributed by atoms with E-state index in [4.69, 9.17) is 4.98 Å². The summed E-state index contributed by atoms with van der Waals surface area (Å²) < 4.78 is 0. The molecule has 140 valence electrons. The van der Waals surface area contributed by atoms with E-state index in [0.717, 1.165) is 49.7 Å². The van der Waals surface area contributed by atoms with E-state index in [0.29, 0.717) is 12.8 Å². The van der Waals surface area contributed by atoms with Crippen LogP contribution in [0.1, 0.15) is 30.7 Å². The maximum absolute atomic E-state index is 12.8. The van der Waals surface area contributed by atoms with Crippen LogP contribution >= 0.6 is 0 Å². The molecule has 0 bridgehead atoms. The summed E-state index contributed by atoms with van der Waals surface area (Å²) in [6.07, 6.45) is 5.56. The summed E-state index contributed by atoms with van der Waals surface area (Å²) in [5.74, 6) is 0.210. The van der Waals surface area contributed by atoms with E-state index in [9.17, 15) is 9.90 Å². The highest BCUT2D eigenvalue weighted by molar-refractivity contribution is 5.80. The molecule has 2 aromatic rings. The van der Waals surface area contributed by atoms with Gasteiger partial charge in [-0.2, -0.15) is 0 Å². The van der Waals surface area contributed by atoms with Gasteiger partial charge in [0.2, 0.25) is 5.91 Å². The first-order valence-electron chi connectivity index (χ1n) is 9.72. The van der Waals surface area contributed by atoms with Crippen LogP contribution in [0.25, 0.3) is 0 Å². The van der Waals surface area contributed by atoms with Crippen LogP contribution in [-0.4, -0.2) is 51.6 Å². The lowest BCUT2D eigenvalue weighted by Gasteiger charge is -2.34. The van der Waals surface area contributed by atoms with Gasteiger partial charge in [-0.3, -0.25) is 14.8 Å². The zero-order valence-electron chi connectivity index (χ0n) is 15.3. The molecule has 0 radical (unpaired) electrons. The van der Waals surface area contributed by atoms with E-state index < -0.39 is 0 Å². The number of pyridine rings is 2. The summed E-state index contributed by atoms with van der Waals surface area (Å²) in [5.41, 5.74) is 3.23. The Morgan fingerprint density at radius 1 is 1.15 bits per heavy atom. The van der Waals surface area contributed by atoms with Crippen molar-refractivity contribution in [3.8, 4) is 0 Å². The average Bonchev–Trinajstić information content (AvgIpc) is 3.23. The molecule has 3 aliphatic rings. The SMILES string of the molecule is O=C(C1CC(O)C1)N1CC[C@]2(C1)CN(Cc1ccccn1)c1cccnc12. The van der Waals surface area contributed by atoms with E-state index in [2.05, 4.69) is 16.0 Å². The number of aliphatic hydroxyl groups excluding tert-OH is 1. The van der Waals surface area contributed by atoms with Crippen LogP contribution in [-0.2, 0) is 16.8 Å². The predicted molar refractivity (Wildman–Crippen MR) is 101 cm³/mol. The normalized spacial score (nSPS) is 29.1. The second kappa shape index (κ2) is 6.30. The maximum Gasteiger partial charge on any atom is 0.225 e. The minimum Gasteiger partial charge on any atom is -0.393 e. The minimum absolute atomic E-state index is 0.00405. The molecule has 6 nitrogen and oxygen atoms in total. The third kappa shape index (κ3) is 2.79. The number of rotatable bonds is 3. The summed E-state index contributed by atoms with van der Waals surface area (Å²) in [7, 11) is 0. The summed E-state index contributed by atoms with van der Waals surface area (Å²) in [6, 6.07) is 10.1. The zero-order valence-corrected chi connectivity index (χ0v) is 15.3. The van der Waals surface area contributed by atoms with E-state index >= 15 is 0 Å². The molecule has 6 heteroatoms. The van der Waals surface area contributed by atoms with Gasteiger partial charge in [-0.1, -0.05) is 6.07 Å². The highest BCUT2D eigenvalue weighted by Crippen LogP contribution is 2.46. The molecule has 2 aliphatic heterocycles. The minimum atomic E-state index is -0.293. The number of amides is 1. The van der Waals surface area contributed by atoms with Crippen LogP contribution in [0.4, 0.5) is 5.69 Å². The first-order valence-corrected chi connectivity index (χ1v) is 9.72. The van der Waals surface area contributed by atoms with Gasteiger partial charge < -0.3 is 14.9 Å². The molecule has 5 rings (SSSR count). The summed E-state index contributed by atoms with van der Waals surface area (Å²) >= 11 is 0. The fourth-order valence-corrected chi connectivity index (χ4v) is 4.84. The summed E-state index contributed by atoms with van der Waals surface area (Å²) in [5, 5.41) is 9.53. The van der Waals surface area contributed by atoms with E-state index in [1.165, 1.54) is 0 Å². The van der Waals surface area contributed by atoms with Crippen LogP contribution < -0.4 is 4.90 Å². The van der Waals surface area contributed by atoms with Crippen molar-refractivity contribution in [3.63, 3.8) is 0 Å². The number of anilines is 1. The maximum atomic E-state index is 12.8. The van der Waals surface area contributed by atoms with Gasteiger partial charge in [0.05, 0.1) is 35.1 Å². The second-order valence-corrected chi connectivity index (χ2v) is 8.16. The van der Waals surface area contributed by atoms with Crippen molar-refractivity contribution in [3.05, 3.63) is 54.1 Å². The third-order valence-corrected chi connectivity index (χ3v) is 6.33. The predicted octanol–water partition coefficient (Wildman–Crippen LogP) is 1.74. The number of aliphatic hydroxyl groups is 1. The van der Waals surface area contributed by atoms with Crippen molar-refractivity contribution in [1.29, 1.82) is 0 Å². The molecule has 27 heavy (non-hydrogen) atoms. The quantitative estimate of drug-likeness (QED) is 0.898. The lowest BCUT2D eigenvalue weighted by Crippen LogP contribution is -2.44. The Morgan fingerprint density at radius 2 is 2.00 bits per heavy atom. The number of aromatic nitrogens is 2. The van der Waals surface area contributed by atoms with Crippen molar-refractivity contribution in [2.75, 3.05) is 24.5 Å². The fourth-order valence-electron chi connectivity index (χ4n) is 4.84. The molecule has 1 atom stereocenters. The van der Waals surface area contributed by atoms with E-state index in [1.807, 2.05) is 41.6 Å². The Balaban J connectivity index is 1.38. The van der Waals surface area contributed by atoms with Gasteiger partial charge in [0.15, 0.2) is 0 Å². The van der Waals surface area contributed by atoms with Gasteiger partial charge in [-0.05, 0) is 43.5 Å². The monoisotopic (exact) mass is 364 g/mol. The Morgan fingerprint density at radius 3 is 2.78 bits per heavy atom. The van der Waals surface area contributed by atoms with E-state index in [1.54, 1.807) is 0 Å². The zero-order chi connectivity index (χ0) is 18.4. The topological polar surface area (TPSA) is 69.6 Å². The molecular weight excluding hydrogens is 340 g/mol. The highest BCUT2D eigenvalue weighted by Gasteiger charge is 2.50. The summed E-state index contributed by atoms with van der Waals surface area (Å²) in [4.78, 5) is 26.3. The first kappa shape index (κ1) is 16.7. The number of hydrogen-bond donors (Lipinski definition) is 1. The molecule has 4 heterocycles. The van der Waals surface area contributed by atoms with E-state index in [-0.39, 0.29) is 23.3 Å². The molecule has 2 fully saturated rings. The van der Waals surface area contributed by atoms with Crippen molar-refractivity contribution in [2.24, 2.45) is 5.92 Å². The molecule has 1 spiro atoms. The van der Waals surface area contributed by atoms with Gasteiger partial charge in [0, 0.05) is 37.9 Å². The third-order valence-electron chi connectivity index (χ3n) is 6.33. The molecule has 0 unspecified atom stereocenters. The standard InChI is InChI=1S/C21H24N4O2/c26-17-10-15(11-17)20(27)24-9-6-21(13-24)14-25(12-16-4-1-2-7-22-16)18-5-3-8-23-19(18)21/h1-5,7-8,15,17,26H,6,9-14H2/t15?,17?,21-/m0/s1. The number of carbonyl (C=O) groups excluding carboxylic acids is 1. The molecule has 1 amide bonds. The van der Waals surface area contributed by atoms with Crippen LogP contribution in [0, 0.1) is 5.92 Å². The number of fused-ring (bicyclic) bond motifs is 2. The molecule has 0 aromatic carbocycles.